The van der Waals surface area contributed by atoms with Crippen LogP contribution in [0.2, 0.25) is 0 Å². The number of aromatic nitrogens is 2. The Balaban J connectivity index is 2.37. The van der Waals surface area contributed by atoms with Crippen LogP contribution in [0.1, 0.15) is 5.56 Å². The Bertz CT molecular complexity index is 579. The van der Waals surface area contributed by atoms with E-state index in [9.17, 15) is 8.42 Å². The molecule has 0 atom stereocenters. The molecule has 2 rings (SSSR count). The summed E-state index contributed by atoms with van der Waals surface area (Å²) >= 11 is 1.14. The zero-order chi connectivity index (χ0) is 11.6. The number of rotatable bonds is 3. The molecule has 0 radical (unpaired) electrons. The maximum atomic E-state index is 11.9. The minimum absolute atomic E-state index is 0.255. The molecule has 0 aliphatic carbocycles. The molecule has 0 saturated heterocycles. The molecule has 5 nitrogen and oxygen atoms in total. The normalized spacial score (nSPS) is 11.3. The van der Waals surface area contributed by atoms with Crippen molar-refractivity contribution in [1.29, 1.82) is 0 Å². The van der Waals surface area contributed by atoms with E-state index in [1.54, 1.807) is 31.2 Å². The maximum absolute atomic E-state index is 11.9. The fourth-order valence-electron chi connectivity index (χ4n) is 1.25. The molecule has 16 heavy (non-hydrogen) atoms. The average Bonchev–Trinajstić information content (AvgIpc) is 2.70. The van der Waals surface area contributed by atoms with Crippen LogP contribution in [0.25, 0.3) is 0 Å². The summed E-state index contributed by atoms with van der Waals surface area (Å²) in [5.74, 6) is 0. The Morgan fingerprint density at radius 1 is 1.31 bits per heavy atom. The van der Waals surface area contributed by atoms with E-state index in [1.165, 1.54) is 5.51 Å². The zero-order valence-electron chi connectivity index (χ0n) is 8.41. The number of hydrogen-bond donors (Lipinski definition) is 1. The molecule has 1 aromatic carbocycles. The molecule has 0 saturated carbocycles. The minimum Gasteiger partial charge on any atom is -0.253 e. The van der Waals surface area contributed by atoms with Gasteiger partial charge in [0.1, 0.15) is 5.51 Å². The fourth-order valence-corrected chi connectivity index (χ4v) is 3.19. The van der Waals surface area contributed by atoms with Gasteiger partial charge in [-0.1, -0.05) is 29.5 Å². The van der Waals surface area contributed by atoms with E-state index in [4.69, 9.17) is 0 Å². The molecule has 7 heteroatoms. The summed E-state index contributed by atoms with van der Waals surface area (Å²) in [5, 5.41) is 7.47. The first-order valence-electron chi connectivity index (χ1n) is 4.44. The highest BCUT2D eigenvalue weighted by molar-refractivity contribution is 7.93. The van der Waals surface area contributed by atoms with Gasteiger partial charge in [0.15, 0.2) is 0 Å². The molecular weight excluding hydrogens is 246 g/mol. The van der Waals surface area contributed by atoms with E-state index in [0.29, 0.717) is 5.56 Å². The van der Waals surface area contributed by atoms with Gasteiger partial charge in [-0.25, -0.2) is 8.42 Å². The van der Waals surface area contributed by atoms with Crippen molar-refractivity contribution in [3.05, 3.63) is 35.3 Å². The van der Waals surface area contributed by atoms with Crippen molar-refractivity contribution in [2.24, 2.45) is 0 Å². The number of hydrogen-bond acceptors (Lipinski definition) is 5. The van der Waals surface area contributed by atoms with Gasteiger partial charge in [-0.2, -0.15) is 0 Å². The summed E-state index contributed by atoms with van der Waals surface area (Å²) in [7, 11) is -3.56. The molecule has 0 amide bonds. The predicted octanol–water partition coefficient (Wildman–Crippen LogP) is 1.65. The summed E-state index contributed by atoms with van der Waals surface area (Å²) in [5.41, 5.74) is 2.16. The lowest BCUT2D eigenvalue weighted by atomic mass is 10.2. The predicted molar refractivity (Wildman–Crippen MR) is 61.9 cm³/mol. The number of nitrogens with zero attached hydrogens (tertiary/aromatic N) is 2. The molecule has 1 aromatic heterocycles. The van der Waals surface area contributed by atoms with Crippen molar-refractivity contribution in [3.8, 4) is 0 Å². The van der Waals surface area contributed by atoms with Crippen LogP contribution < -0.4 is 4.72 Å². The van der Waals surface area contributed by atoms with Crippen molar-refractivity contribution in [2.75, 3.05) is 4.72 Å². The van der Waals surface area contributed by atoms with Gasteiger partial charge in [-0.05, 0) is 18.6 Å². The van der Waals surface area contributed by atoms with Crippen LogP contribution >= 0.6 is 11.3 Å². The van der Waals surface area contributed by atoms with Crippen LogP contribution in [0, 0.1) is 6.92 Å². The number of nitrogens with one attached hydrogen (secondary N) is 1. The van der Waals surface area contributed by atoms with E-state index in [2.05, 4.69) is 14.9 Å². The zero-order valence-corrected chi connectivity index (χ0v) is 10.0. The smallest absolute Gasteiger partial charge is 0.253 e. The Labute approximate surface area is 97.2 Å². The van der Waals surface area contributed by atoms with Gasteiger partial charge in [0.25, 0.3) is 10.0 Å². The Hall–Kier alpha value is -1.47. The topological polar surface area (TPSA) is 72.0 Å². The summed E-state index contributed by atoms with van der Waals surface area (Å²) in [6.07, 6.45) is 0. The molecule has 2 aromatic rings. The maximum Gasteiger partial charge on any atom is 0.263 e. The van der Waals surface area contributed by atoms with Crippen molar-refractivity contribution < 1.29 is 8.42 Å². The van der Waals surface area contributed by atoms with Crippen LogP contribution in [-0.2, 0) is 10.0 Å². The number of benzene rings is 1. The summed E-state index contributed by atoms with van der Waals surface area (Å²) in [4.78, 5) is 0.255. The third kappa shape index (κ3) is 2.20. The number of sulfonamides is 1. The van der Waals surface area contributed by atoms with Gasteiger partial charge in [0.2, 0.25) is 5.13 Å². The molecule has 0 bridgehead atoms. The van der Waals surface area contributed by atoms with Gasteiger partial charge in [-0.3, -0.25) is 4.72 Å². The third-order valence-corrected chi connectivity index (χ3v) is 4.20. The Morgan fingerprint density at radius 2 is 2.06 bits per heavy atom. The van der Waals surface area contributed by atoms with Crippen LogP contribution in [-0.4, -0.2) is 18.6 Å². The molecule has 0 spiro atoms. The summed E-state index contributed by atoms with van der Waals surface area (Å²) in [6, 6.07) is 6.77. The second-order valence-electron chi connectivity index (χ2n) is 3.11. The largest absolute Gasteiger partial charge is 0.263 e. The lowest BCUT2D eigenvalue weighted by Gasteiger charge is -2.06. The second-order valence-corrected chi connectivity index (χ2v) is 5.60. The summed E-state index contributed by atoms with van der Waals surface area (Å²) < 4.78 is 26.3. The lowest BCUT2D eigenvalue weighted by Crippen LogP contribution is -2.13. The van der Waals surface area contributed by atoms with Gasteiger partial charge < -0.3 is 0 Å². The SMILES string of the molecule is Cc1ccccc1S(=O)(=O)Nc1nncs1. The first kappa shape index (κ1) is 11.0. The monoisotopic (exact) mass is 255 g/mol. The molecule has 0 fully saturated rings. The quantitative estimate of drug-likeness (QED) is 0.905. The molecule has 1 N–H and O–H groups in total. The van der Waals surface area contributed by atoms with Crippen LogP contribution in [0.5, 0.6) is 0 Å². The Morgan fingerprint density at radius 3 is 2.69 bits per heavy atom. The van der Waals surface area contributed by atoms with Gasteiger partial charge in [-0.15, -0.1) is 10.2 Å². The van der Waals surface area contributed by atoms with Crippen LogP contribution in [0.4, 0.5) is 5.13 Å². The van der Waals surface area contributed by atoms with Crippen molar-refractivity contribution in [3.63, 3.8) is 0 Å². The average molecular weight is 255 g/mol. The van der Waals surface area contributed by atoms with E-state index in [-0.39, 0.29) is 10.0 Å². The van der Waals surface area contributed by atoms with Gasteiger partial charge in [0.05, 0.1) is 4.90 Å². The van der Waals surface area contributed by atoms with Gasteiger partial charge >= 0.3 is 0 Å². The van der Waals surface area contributed by atoms with Crippen molar-refractivity contribution in [1.82, 2.24) is 10.2 Å². The highest BCUT2D eigenvalue weighted by Crippen LogP contribution is 2.19. The minimum atomic E-state index is -3.56. The van der Waals surface area contributed by atoms with E-state index in [1.807, 2.05) is 0 Å². The van der Waals surface area contributed by atoms with E-state index in [0.717, 1.165) is 11.3 Å². The fraction of sp³-hybridized carbons (Fsp3) is 0.111. The standard InChI is InChI=1S/C9H9N3O2S2/c1-7-4-2-3-5-8(7)16(13,14)12-9-11-10-6-15-9/h2-6H,1H3,(H,11,12). The molecule has 0 aliphatic rings. The van der Waals surface area contributed by atoms with Crippen LogP contribution in [0.3, 0.4) is 0 Å². The van der Waals surface area contributed by atoms with Crippen molar-refractivity contribution in [2.45, 2.75) is 11.8 Å². The highest BCUT2D eigenvalue weighted by Gasteiger charge is 2.17. The highest BCUT2D eigenvalue weighted by atomic mass is 32.2. The number of aryl methyl sites for hydroxylation is 1. The number of anilines is 1. The second kappa shape index (κ2) is 4.18. The van der Waals surface area contributed by atoms with E-state index >= 15 is 0 Å². The van der Waals surface area contributed by atoms with Crippen molar-refractivity contribution >= 4 is 26.5 Å². The molecule has 0 aliphatic heterocycles. The van der Waals surface area contributed by atoms with Gasteiger partial charge in [0, 0.05) is 0 Å². The lowest BCUT2D eigenvalue weighted by molar-refractivity contribution is 0.600. The molecule has 0 unspecified atom stereocenters. The molecule has 84 valence electrons. The van der Waals surface area contributed by atoms with E-state index < -0.39 is 10.0 Å². The molecule has 1 heterocycles. The first-order chi connectivity index (χ1) is 7.59. The van der Waals surface area contributed by atoms with Crippen LogP contribution in [0.15, 0.2) is 34.7 Å². The third-order valence-electron chi connectivity index (χ3n) is 1.96. The molecular formula is C9H9N3O2S2. The Kier molecular flexibility index (Phi) is 2.88. The first-order valence-corrected chi connectivity index (χ1v) is 6.80. The summed E-state index contributed by atoms with van der Waals surface area (Å²) in [6.45, 7) is 1.74.